The molecule has 3 rings (SSSR count). The smallest absolute Gasteiger partial charge is 0.244 e. The Labute approximate surface area is 122 Å². The number of piperidine rings is 1. The number of hydrogen-bond donors (Lipinski definition) is 1. The Morgan fingerprint density at radius 2 is 1.95 bits per heavy atom. The van der Waals surface area contributed by atoms with Crippen molar-refractivity contribution < 1.29 is 4.79 Å². The van der Waals surface area contributed by atoms with Crippen LogP contribution in [-0.4, -0.2) is 53.6 Å². The number of carbonyl (C=O) groups excluding carboxylic acids is 1. The Morgan fingerprint density at radius 1 is 1.25 bits per heavy atom. The quantitative estimate of drug-likeness (QED) is 0.833. The fraction of sp³-hybridized carbons (Fsp3) is 0.938. The zero-order valence-electron chi connectivity index (χ0n) is 13.0. The monoisotopic (exact) mass is 279 g/mol. The molecule has 1 N–H and O–H groups in total. The Balaban J connectivity index is 1.59. The Bertz CT molecular complexity index is 359. The molecule has 0 aromatic rings. The lowest BCUT2D eigenvalue weighted by atomic mass is 9.96. The van der Waals surface area contributed by atoms with Crippen LogP contribution in [0.25, 0.3) is 0 Å². The lowest BCUT2D eigenvalue weighted by Crippen LogP contribution is -2.43. The molecule has 2 saturated heterocycles. The van der Waals surface area contributed by atoms with E-state index in [0.717, 1.165) is 32.2 Å². The molecule has 4 heteroatoms. The molecule has 1 unspecified atom stereocenters. The van der Waals surface area contributed by atoms with Crippen LogP contribution in [0.2, 0.25) is 0 Å². The van der Waals surface area contributed by atoms with E-state index in [2.05, 4.69) is 29.0 Å². The zero-order valence-corrected chi connectivity index (χ0v) is 13.0. The van der Waals surface area contributed by atoms with Crippen molar-refractivity contribution in [3.05, 3.63) is 0 Å². The molecule has 4 nitrogen and oxygen atoms in total. The molecule has 1 atom stereocenters. The lowest BCUT2D eigenvalue weighted by Gasteiger charge is -2.34. The Hall–Kier alpha value is -0.610. The summed E-state index contributed by atoms with van der Waals surface area (Å²) < 4.78 is 0. The first-order chi connectivity index (χ1) is 9.68. The van der Waals surface area contributed by atoms with Gasteiger partial charge in [0.2, 0.25) is 5.91 Å². The van der Waals surface area contributed by atoms with Gasteiger partial charge in [-0.3, -0.25) is 10.1 Å². The van der Waals surface area contributed by atoms with E-state index in [4.69, 9.17) is 0 Å². The van der Waals surface area contributed by atoms with Gasteiger partial charge in [-0.1, -0.05) is 20.3 Å². The summed E-state index contributed by atoms with van der Waals surface area (Å²) in [5, 5.41) is 3.62. The minimum atomic E-state index is -0.135. The van der Waals surface area contributed by atoms with Crippen molar-refractivity contribution in [1.29, 1.82) is 0 Å². The molecular formula is C16H29N3O. The highest BCUT2D eigenvalue weighted by Crippen LogP contribution is 2.43. The summed E-state index contributed by atoms with van der Waals surface area (Å²) in [6.07, 6.45) is 7.16. The van der Waals surface area contributed by atoms with Crippen molar-refractivity contribution in [1.82, 2.24) is 15.1 Å². The van der Waals surface area contributed by atoms with E-state index in [1.54, 1.807) is 0 Å². The van der Waals surface area contributed by atoms with Crippen molar-refractivity contribution in [2.75, 3.05) is 26.2 Å². The Morgan fingerprint density at radius 3 is 2.50 bits per heavy atom. The minimum absolute atomic E-state index is 0.135. The van der Waals surface area contributed by atoms with E-state index in [-0.39, 0.29) is 5.54 Å². The Kier molecular flexibility index (Phi) is 4.04. The number of hydrogen-bond acceptors (Lipinski definition) is 3. The highest BCUT2D eigenvalue weighted by Gasteiger charge is 2.58. The molecule has 0 aromatic heterocycles. The van der Waals surface area contributed by atoms with E-state index in [9.17, 15) is 4.79 Å². The summed E-state index contributed by atoms with van der Waals surface area (Å²) in [7, 11) is 0. The number of nitrogens with zero attached hydrogens (tertiary/aromatic N) is 2. The summed E-state index contributed by atoms with van der Waals surface area (Å²) in [4.78, 5) is 17.3. The largest absolute Gasteiger partial charge is 0.325 e. The standard InChI is InChI=1S/C16H29N3O/c1-3-5-14-17-16(8-9-16)15(20)19(14)12-13-6-10-18(4-2)11-7-13/h13-14,17H,3-12H2,1-2H3. The number of amides is 1. The molecule has 2 aliphatic heterocycles. The maximum Gasteiger partial charge on any atom is 0.244 e. The third-order valence-corrected chi connectivity index (χ3v) is 5.41. The molecule has 1 spiro atoms. The first-order valence-corrected chi connectivity index (χ1v) is 8.49. The van der Waals surface area contributed by atoms with Crippen molar-refractivity contribution in [2.24, 2.45) is 5.92 Å². The van der Waals surface area contributed by atoms with E-state index >= 15 is 0 Å². The molecule has 1 aliphatic carbocycles. The normalized spacial score (nSPS) is 30.4. The van der Waals surface area contributed by atoms with Crippen molar-refractivity contribution >= 4 is 5.91 Å². The van der Waals surface area contributed by atoms with Crippen LogP contribution in [0.3, 0.4) is 0 Å². The topological polar surface area (TPSA) is 35.6 Å². The van der Waals surface area contributed by atoms with E-state index in [1.807, 2.05) is 0 Å². The van der Waals surface area contributed by atoms with Crippen LogP contribution in [-0.2, 0) is 4.79 Å². The summed E-state index contributed by atoms with van der Waals surface area (Å²) in [5.74, 6) is 1.10. The number of rotatable bonds is 5. The third kappa shape index (κ3) is 2.60. The molecule has 3 fully saturated rings. The number of likely N-dealkylation sites (tertiary alicyclic amines) is 1. The summed E-state index contributed by atoms with van der Waals surface area (Å²) in [6.45, 7) is 9.01. The molecule has 0 bridgehead atoms. The van der Waals surface area contributed by atoms with Gasteiger partial charge in [0.25, 0.3) is 0 Å². The highest BCUT2D eigenvalue weighted by molar-refractivity contribution is 5.91. The second kappa shape index (κ2) is 5.64. The average molecular weight is 279 g/mol. The fourth-order valence-electron chi connectivity index (χ4n) is 3.83. The van der Waals surface area contributed by atoms with Gasteiger partial charge in [-0.2, -0.15) is 0 Å². The lowest BCUT2D eigenvalue weighted by molar-refractivity contribution is -0.131. The molecule has 1 amide bonds. The van der Waals surface area contributed by atoms with Crippen molar-refractivity contribution in [2.45, 2.75) is 64.1 Å². The fourth-order valence-corrected chi connectivity index (χ4v) is 3.83. The van der Waals surface area contributed by atoms with Gasteiger partial charge in [0.15, 0.2) is 0 Å². The molecule has 0 aromatic carbocycles. The van der Waals surface area contributed by atoms with E-state index in [1.165, 1.54) is 32.5 Å². The molecule has 114 valence electrons. The summed E-state index contributed by atoms with van der Waals surface area (Å²) in [6, 6.07) is 0. The van der Waals surface area contributed by atoms with Crippen molar-refractivity contribution in [3.63, 3.8) is 0 Å². The van der Waals surface area contributed by atoms with Gasteiger partial charge < -0.3 is 9.80 Å². The maximum atomic E-state index is 12.6. The first kappa shape index (κ1) is 14.3. The van der Waals surface area contributed by atoms with Crippen LogP contribution in [0.15, 0.2) is 0 Å². The van der Waals surface area contributed by atoms with Gasteiger partial charge in [0.1, 0.15) is 0 Å². The first-order valence-electron chi connectivity index (χ1n) is 8.49. The van der Waals surface area contributed by atoms with Gasteiger partial charge in [0, 0.05) is 6.54 Å². The third-order valence-electron chi connectivity index (χ3n) is 5.41. The average Bonchev–Trinajstić information content (AvgIpc) is 3.20. The van der Waals surface area contributed by atoms with Crippen LogP contribution in [0.5, 0.6) is 0 Å². The second-order valence-corrected chi connectivity index (χ2v) is 6.87. The predicted molar refractivity (Wildman–Crippen MR) is 80.3 cm³/mol. The molecular weight excluding hydrogens is 250 g/mol. The second-order valence-electron chi connectivity index (χ2n) is 6.87. The minimum Gasteiger partial charge on any atom is -0.325 e. The van der Waals surface area contributed by atoms with Crippen LogP contribution in [0.1, 0.15) is 52.4 Å². The summed E-state index contributed by atoms with van der Waals surface area (Å²) in [5.41, 5.74) is -0.135. The summed E-state index contributed by atoms with van der Waals surface area (Å²) >= 11 is 0. The zero-order chi connectivity index (χ0) is 14.2. The number of nitrogens with one attached hydrogen (secondary N) is 1. The maximum absolute atomic E-state index is 12.6. The number of carbonyl (C=O) groups is 1. The SMILES string of the molecule is CCCC1NC2(CC2)C(=O)N1CC1CCN(CC)CC1. The molecule has 0 radical (unpaired) electrons. The highest BCUT2D eigenvalue weighted by atomic mass is 16.2. The molecule has 2 heterocycles. The van der Waals surface area contributed by atoms with Crippen LogP contribution in [0, 0.1) is 5.92 Å². The van der Waals surface area contributed by atoms with E-state index in [0.29, 0.717) is 18.0 Å². The van der Waals surface area contributed by atoms with Crippen LogP contribution < -0.4 is 5.32 Å². The predicted octanol–water partition coefficient (Wildman–Crippen LogP) is 1.81. The van der Waals surface area contributed by atoms with Gasteiger partial charge in [-0.25, -0.2) is 0 Å². The molecule has 20 heavy (non-hydrogen) atoms. The molecule has 1 saturated carbocycles. The van der Waals surface area contributed by atoms with Gasteiger partial charge in [-0.05, 0) is 57.7 Å². The van der Waals surface area contributed by atoms with Crippen LogP contribution >= 0.6 is 0 Å². The van der Waals surface area contributed by atoms with Gasteiger partial charge in [0.05, 0.1) is 11.7 Å². The van der Waals surface area contributed by atoms with Gasteiger partial charge >= 0.3 is 0 Å². The van der Waals surface area contributed by atoms with Crippen LogP contribution in [0.4, 0.5) is 0 Å². The van der Waals surface area contributed by atoms with E-state index < -0.39 is 0 Å². The van der Waals surface area contributed by atoms with Gasteiger partial charge in [-0.15, -0.1) is 0 Å². The molecule has 3 aliphatic rings. The van der Waals surface area contributed by atoms with Crippen molar-refractivity contribution in [3.8, 4) is 0 Å².